The van der Waals surface area contributed by atoms with Gasteiger partial charge in [-0.2, -0.15) is 0 Å². The fraction of sp³-hybridized carbons (Fsp3) is 0.421. The first-order chi connectivity index (χ1) is 13.7. The molecule has 0 fully saturated rings. The molecule has 0 unspecified atom stereocenters. The Labute approximate surface area is 163 Å². The maximum absolute atomic E-state index is 8.69. The molecule has 28 heavy (non-hydrogen) atoms. The van der Waals surface area contributed by atoms with Gasteiger partial charge in [0.15, 0.2) is 13.6 Å². The number of methoxy groups -OCH3 is 2. The summed E-state index contributed by atoms with van der Waals surface area (Å²) in [5.74, 6) is 1.25. The van der Waals surface area contributed by atoms with Crippen molar-refractivity contribution in [3.63, 3.8) is 0 Å². The van der Waals surface area contributed by atoms with E-state index < -0.39 is 0 Å². The van der Waals surface area contributed by atoms with Gasteiger partial charge in [0.05, 0.1) is 25.5 Å². The average molecular weight is 388 g/mol. The largest absolute Gasteiger partial charge is 0.468 e. The summed E-state index contributed by atoms with van der Waals surface area (Å²) >= 11 is 0. The van der Waals surface area contributed by atoms with Gasteiger partial charge in [0.1, 0.15) is 11.5 Å². The topological polar surface area (TPSA) is 108 Å². The molecule has 2 rings (SSSR count). The Morgan fingerprint density at radius 3 is 2.64 bits per heavy atom. The van der Waals surface area contributed by atoms with Crippen LogP contribution in [-0.2, 0) is 34.0 Å². The molecule has 0 bridgehead atoms. The second-order valence-electron chi connectivity index (χ2n) is 5.81. The molecule has 0 amide bonds. The number of aromatic nitrogens is 1. The molecule has 9 nitrogen and oxygen atoms in total. The minimum absolute atomic E-state index is 0.0738. The van der Waals surface area contributed by atoms with Crippen molar-refractivity contribution in [1.82, 2.24) is 4.98 Å². The predicted molar refractivity (Wildman–Crippen MR) is 102 cm³/mol. The molecule has 150 valence electrons. The zero-order valence-electron chi connectivity index (χ0n) is 16.3. The number of pyridine rings is 1. The molecule has 0 aliphatic rings. The highest BCUT2D eigenvalue weighted by Crippen LogP contribution is 2.27. The molecular weight excluding hydrogens is 364 g/mol. The van der Waals surface area contributed by atoms with Crippen molar-refractivity contribution in [3.05, 3.63) is 63.3 Å². The van der Waals surface area contributed by atoms with Crippen LogP contribution >= 0.6 is 0 Å². The van der Waals surface area contributed by atoms with Crippen molar-refractivity contribution in [2.24, 2.45) is 5.11 Å². The first kappa shape index (κ1) is 21.5. The first-order valence-corrected chi connectivity index (χ1v) is 8.58. The Bertz CT molecular complexity index is 809. The van der Waals surface area contributed by atoms with Crippen molar-refractivity contribution in [2.45, 2.75) is 26.7 Å². The Morgan fingerprint density at radius 2 is 1.89 bits per heavy atom. The third-order valence-corrected chi connectivity index (χ3v) is 3.79. The maximum Gasteiger partial charge on any atom is 0.188 e. The number of azide groups is 1. The lowest BCUT2D eigenvalue weighted by molar-refractivity contribution is 0.0490. The molecular formula is C19H24N4O5. The predicted octanol–water partition coefficient (Wildman–Crippen LogP) is 3.88. The fourth-order valence-corrected chi connectivity index (χ4v) is 2.52. The van der Waals surface area contributed by atoms with Crippen LogP contribution in [0.4, 0.5) is 0 Å². The van der Waals surface area contributed by atoms with Crippen LogP contribution in [0.3, 0.4) is 0 Å². The first-order valence-electron chi connectivity index (χ1n) is 8.58. The summed E-state index contributed by atoms with van der Waals surface area (Å²) in [6, 6.07) is 7.58. The highest BCUT2D eigenvalue weighted by Gasteiger charge is 2.14. The van der Waals surface area contributed by atoms with Gasteiger partial charge in [-0.3, -0.25) is 4.98 Å². The Morgan fingerprint density at radius 1 is 1.11 bits per heavy atom. The van der Waals surface area contributed by atoms with E-state index in [0.717, 1.165) is 16.7 Å². The Kier molecular flexibility index (Phi) is 9.03. The van der Waals surface area contributed by atoms with Crippen LogP contribution in [0.2, 0.25) is 0 Å². The van der Waals surface area contributed by atoms with Crippen molar-refractivity contribution in [2.75, 3.05) is 27.8 Å². The molecule has 9 heteroatoms. The third-order valence-electron chi connectivity index (χ3n) is 3.79. The number of benzene rings is 1. The van der Waals surface area contributed by atoms with Crippen LogP contribution in [0.25, 0.3) is 10.4 Å². The molecule has 2 aromatic rings. The molecule has 0 atom stereocenters. The zero-order chi connectivity index (χ0) is 20.2. The monoisotopic (exact) mass is 388 g/mol. The number of hydrogen-bond acceptors (Lipinski definition) is 7. The number of hydrogen-bond donors (Lipinski definition) is 0. The lowest BCUT2D eigenvalue weighted by Gasteiger charge is -2.16. The summed E-state index contributed by atoms with van der Waals surface area (Å²) in [5.41, 5.74) is 11.9. The van der Waals surface area contributed by atoms with Crippen LogP contribution in [-0.4, -0.2) is 32.8 Å². The summed E-state index contributed by atoms with van der Waals surface area (Å²) in [4.78, 5) is 7.18. The van der Waals surface area contributed by atoms with Gasteiger partial charge in [-0.15, -0.1) is 0 Å². The molecule has 0 aliphatic carbocycles. The van der Waals surface area contributed by atoms with Crippen LogP contribution in [0.15, 0.2) is 35.6 Å². The molecule has 1 aromatic heterocycles. The lowest BCUT2D eigenvalue weighted by atomic mass is 10.1. The molecule has 0 saturated heterocycles. The molecule has 1 aromatic carbocycles. The van der Waals surface area contributed by atoms with Gasteiger partial charge in [0.2, 0.25) is 0 Å². The van der Waals surface area contributed by atoms with Crippen LogP contribution < -0.4 is 9.47 Å². The van der Waals surface area contributed by atoms with E-state index in [0.29, 0.717) is 23.8 Å². The second kappa shape index (κ2) is 11.8. The maximum atomic E-state index is 8.69. The number of ether oxygens (including phenoxy) is 5. The minimum Gasteiger partial charge on any atom is -0.468 e. The molecule has 0 saturated carbocycles. The van der Waals surface area contributed by atoms with E-state index in [1.165, 1.54) is 7.11 Å². The van der Waals surface area contributed by atoms with E-state index in [-0.39, 0.29) is 26.7 Å². The van der Waals surface area contributed by atoms with Crippen molar-refractivity contribution >= 4 is 0 Å². The van der Waals surface area contributed by atoms with E-state index in [1.54, 1.807) is 13.3 Å². The van der Waals surface area contributed by atoms with Crippen molar-refractivity contribution in [1.29, 1.82) is 0 Å². The van der Waals surface area contributed by atoms with Crippen LogP contribution in [0.1, 0.15) is 22.4 Å². The molecule has 1 heterocycles. The zero-order valence-corrected chi connectivity index (χ0v) is 16.3. The summed E-state index contributed by atoms with van der Waals surface area (Å²) in [7, 11) is 3.11. The highest BCUT2D eigenvalue weighted by molar-refractivity contribution is 5.42. The van der Waals surface area contributed by atoms with E-state index in [4.69, 9.17) is 29.2 Å². The minimum atomic E-state index is 0.0738. The van der Waals surface area contributed by atoms with Crippen LogP contribution in [0.5, 0.6) is 11.5 Å². The van der Waals surface area contributed by atoms with Crippen molar-refractivity contribution in [3.8, 4) is 11.5 Å². The summed E-state index contributed by atoms with van der Waals surface area (Å²) in [6.45, 7) is 2.89. The van der Waals surface area contributed by atoms with E-state index in [2.05, 4.69) is 15.0 Å². The van der Waals surface area contributed by atoms with Gasteiger partial charge in [0.25, 0.3) is 0 Å². The smallest absolute Gasteiger partial charge is 0.188 e. The fourth-order valence-electron chi connectivity index (χ4n) is 2.52. The number of aryl methyl sites for hydroxylation is 1. The SMILES string of the molecule is COCOc1cccc(COCc2cnc(C)c(OCOC)c2CN=[N+]=[N-])c1. The van der Waals surface area contributed by atoms with Crippen molar-refractivity contribution < 1.29 is 23.7 Å². The Hall–Kier alpha value is -2.84. The highest BCUT2D eigenvalue weighted by atomic mass is 16.7. The molecule has 0 aliphatic heterocycles. The summed E-state index contributed by atoms with van der Waals surface area (Å²) in [6.07, 6.45) is 1.70. The average Bonchev–Trinajstić information content (AvgIpc) is 2.71. The van der Waals surface area contributed by atoms with E-state index in [1.807, 2.05) is 31.2 Å². The standard InChI is InChI=1S/C19H24N4O5/c1-14-19(28-13-25-3)18(9-22-23-20)16(8-21-14)11-26-10-15-5-4-6-17(7-15)27-12-24-2/h4-8H,9-13H2,1-3H3. The normalized spacial score (nSPS) is 10.4. The molecule has 0 spiro atoms. The van der Waals surface area contributed by atoms with Gasteiger partial charge in [0, 0.05) is 36.5 Å². The Balaban J connectivity index is 2.09. The number of nitrogens with zero attached hydrogens (tertiary/aromatic N) is 4. The third kappa shape index (κ3) is 6.40. The van der Waals surface area contributed by atoms with Gasteiger partial charge in [-0.25, -0.2) is 0 Å². The summed E-state index contributed by atoms with van der Waals surface area (Å²) < 4.78 is 26.8. The quantitative estimate of drug-likeness (QED) is 0.236. The van der Waals surface area contributed by atoms with Gasteiger partial charge in [-0.05, 0) is 30.2 Å². The number of rotatable bonds is 12. The van der Waals surface area contributed by atoms with Gasteiger partial charge >= 0.3 is 0 Å². The van der Waals surface area contributed by atoms with Gasteiger partial charge < -0.3 is 23.7 Å². The second-order valence-corrected chi connectivity index (χ2v) is 5.81. The van der Waals surface area contributed by atoms with E-state index in [9.17, 15) is 0 Å². The lowest BCUT2D eigenvalue weighted by Crippen LogP contribution is -2.08. The van der Waals surface area contributed by atoms with Crippen LogP contribution in [0, 0.1) is 6.92 Å². The molecule has 0 radical (unpaired) electrons. The van der Waals surface area contributed by atoms with Gasteiger partial charge in [-0.1, -0.05) is 17.2 Å². The molecule has 0 N–H and O–H groups in total. The summed E-state index contributed by atoms with van der Waals surface area (Å²) in [5, 5.41) is 3.67. The van der Waals surface area contributed by atoms with E-state index >= 15 is 0 Å².